The van der Waals surface area contributed by atoms with E-state index in [1.807, 2.05) is 54.6 Å². The second-order valence-electron chi connectivity index (χ2n) is 6.24. The Morgan fingerprint density at radius 2 is 1.50 bits per heavy atom. The molecule has 0 radical (unpaired) electrons. The second kappa shape index (κ2) is 8.71. The van der Waals surface area contributed by atoms with Crippen LogP contribution in [0.1, 0.15) is 6.92 Å². The van der Waals surface area contributed by atoms with E-state index in [0.29, 0.717) is 5.69 Å². The van der Waals surface area contributed by atoms with E-state index in [2.05, 4.69) is 10.6 Å². The van der Waals surface area contributed by atoms with Crippen LogP contribution in [-0.4, -0.2) is 26.6 Å². The summed E-state index contributed by atoms with van der Waals surface area (Å²) in [7, 11) is -3.23. The Bertz CT molecular complexity index is 1050. The predicted molar refractivity (Wildman–Crippen MR) is 113 cm³/mol. The number of para-hydroxylation sites is 1. The molecule has 0 spiro atoms. The normalized spacial score (nSPS) is 11.0. The first-order chi connectivity index (χ1) is 13.5. The Kier molecular flexibility index (Phi) is 6.11. The molecule has 0 aliphatic rings. The van der Waals surface area contributed by atoms with Gasteiger partial charge in [-0.3, -0.25) is 4.79 Å². The fourth-order valence-corrected chi connectivity index (χ4v) is 3.67. The molecule has 0 saturated heterocycles. The van der Waals surface area contributed by atoms with Crippen LogP contribution in [0.25, 0.3) is 11.1 Å². The summed E-state index contributed by atoms with van der Waals surface area (Å²) in [5.41, 5.74) is 3.40. The van der Waals surface area contributed by atoms with Crippen LogP contribution in [0.4, 0.5) is 11.4 Å². The van der Waals surface area contributed by atoms with Crippen LogP contribution in [0.3, 0.4) is 0 Å². The Hall–Kier alpha value is -3.12. The quantitative estimate of drug-likeness (QED) is 0.630. The molecule has 2 N–H and O–H groups in total. The molecule has 6 heteroatoms. The number of hydrogen-bond donors (Lipinski definition) is 2. The molecule has 0 aliphatic carbocycles. The molecule has 0 atom stereocenters. The van der Waals surface area contributed by atoms with Gasteiger partial charge in [-0.05, 0) is 35.9 Å². The minimum absolute atomic E-state index is 0.0585. The van der Waals surface area contributed by atoms with Gasteiger partial charge in [0.25, 0.3) is 0 Å². The molecule has 0 bridgehead atoms. The average Bonchev–Trinajstić information content (AvgIpc) is 2.73. The monoisotopic (exact) mass is 394 g/mol. The first-order valence-electron chi connectivity index (χ1n) is 9.00. The maximum Gasteiger partial charge on any atom is 0.243 e. The van der Waals surface area contributed by atoms with E-state index < -0.39 is 9.84 Å². The molecule has 5 nitrogen and oxygen atoms in total. The Balaban J connectivity index is 1.64. The summed E-state index contributed by atoms with van der Waals surface area (Å²) >= 11 is 0. The Morgan fingerprint density at radius 3 is 2.18 bits per heavy atom. The summed E-state index contributed by atoms with van der Waals surface area (Å²) in [4.78, 5) is 12.7. The van der Waals surface area contributed by atoms with E-state index in [9.17, 15) is 13.2 Å². The highest BCUT2D eigenvalue weighted by Crippen LogP contribution is 2.27. The lowest BCUT2D eigenvalue weighted by molar-refractivity contribution is -0.114. The lowest BCUT2D eigenvalue weighted by Gasteiger charge is -2.12. The van der Waals surface area contributed by atoms with Gasteiger partial charge in [-0.2, -0.15) is 0 Å². The molecule has 3 aromatic carbocycles. The topological polar surface area (TPSA) is 75.3 Å². The zero-order valence-corrected chi connectivity index (χ0v) is 16.4. The summed E-state index contributed by atoms with van der Waals surface area (Å²) in [6.07, 6.45) is 0. The molecular formula is C22H22N2O3S. The lowest BCUT2D eigenvalue weighted by atomic mass is 10.0. The number of carbonyl (C=O) groups is 1. The van der Waals surface area contributed by atoms with Gasteiger partial charge in [0.2, 0.25) is 5.91 Å². The van der Waals surface area contributed by atoms with E-state index in [4.69, 9.17) is 0 Å². The molecule has 0 heterocycles. The number of amides is 1. The number of rotatable bonds is 7. The van der Waals surface area contributed by atoms with Gasteiger partial charge in [0.1, 0.15) is 0 Å². The predicted octanol–water partition coefficient (Wildman–Crippen LogP) is 4.20. The van der Waals surface area contributed by atoms with E-state index in [1.54, 1.807) is 31.2 Å². The second-order valence-corrected chi connectivity index (χ2v) is 8.52. The summed E-state index contributed by atoms with van der Waals surface area (Å²) in [6, 6.07) is 23.9. The van der Waals surface area contributed by atoms with Crippen molar-refractivity contribution in [3.8, 4) is 11.1 Å². The Labute approximate surface area is 165 Å². The van der Waals surface area contributed by atoms with Gasteiger partial charge in [0.15, 0.2) is 9.84 Å². The first-order valence-corrected chi connectivity index (χ1v) is 10.7. The van der Waals surface area contributed by atoms with Crippen molar-refractivity contribution in [1.29, 1.82) is 0 Å². The van der Waals surface area contributed by atoms with Crippen LogP contribution in [-0.2, 0) is 14.6 Å². The highest BCUT2D eigenvalue weighted by atomic mass is 32.2. The minimum atomic E-state index is -3.23. The zero-order valence-electron chi connectivity index (χ0n) is 15.6. The van der Waals surface area contributed by atoms with Gasteiger partial charge in [0.05, 0.1) is 17.2 Å². The van der Waals surface area contributed by atoms with Crippen LogP contribution >= 0.6 is 0 Å². The first kappa shape index (κ1) is 19.6. The van der Waals surface area contributed by atoms with Crippen molar-refractivity contribution in [1.82, 2.24) is 0 Å². The number of benzene rings is 3. The largest absolute Gasteiger partial charge is 0.376 e. The van der Waals surface area contributed by atoms with Crippen molar-refractivity contribution >= 4 is 27.1 Å². The van der Waals surface area contributed by atoms with E-state index in [-0.39, 0.29) is 23.1 Å². The number of carbonyl (C=O) groups excluding carboxylic acids is 1. The third-order valence-corrected chi connectivity index (χ3v) is 6.08. The third-order valence-electron chi connectivity index (χ3n) is 4.33. The SMILES string of the molecule is CCS(=O)(=O)c1ccc(NCC(=O)Nc2ccccc2-c2ccccc2)cc1. The zero-order chi connectivity index (χ0) is 20.0. The molecular weight excluding hydrogens is 372 g/mol. The van der Waals surface area contributed by atoms with Gasteiger partial charge < -0.3 is 10.6 Å². The molecule has 1 amide bonds. The highest BCUT2D eigenvalue weighted by molar-refractivity contribution is 7.91. The molecule has 0 saturated carbocycles. The highest BCUT2D eigenvalue weighted by Gasteiger charge is 2.11. The maximum absolute atomic E-state index is 12.4. The van der Waals surface area contributed by atoms with E-state index in [0.717, 1.165) is 16.8 Å². The van der Waals surface area contributed by atoms with Crippen LogP contribution in [0.2, 0.25) is 0 Å². The van der Waals surface area contributed by atoms with Crippen molar-refractivity contribution in [3.05, 3.63) is 78.9 Å². The van der Waals surface area contributed by atoms with Crippen molar-refractivity contribution in [3.63, 3.8) is 0 Å². The van der Waals surface area contributed by atoms with Crippen LogP contribution in [0, 0.1) is 0 Å². The van der Waals surface area contributed by atoms with E-state index >= 15 is 0 Å². The molecule has 3 aromatic rings. The molecule has 144 valence electrons. The number of anilines is 2. The lowest BCUT2D eigenvalue weighted by Crippen LogP contribution is -2.22. The average molecular weight is 394 g/mol. The standard InChI is InChI=1S/C22H22N2O3S/c1-2-28(26,27)19-14-12-18(13-15-19)23-16-22(25)24-21-11-7-6-10-20(21)17-8-4-3-5-9-17/h3-15,23H,2,16H2,1H3,(H,24,25). The smallest absolute Gasteiger partial charge is 0.243 e. The summed E-state index contributed by atoms with van der Waals surface area (Å²) in [5.74, 6) is -0.128. The van der Waals surface area contributed by atoms with Crippen LogP contribution in [0.15, 0.2) is 83.8 Å². The summed E-state index contributed by atoms with van der Waals surface area (Å²) in [5, 5.41) is 5.94. The van der Waals surface area contributed by atoms with Gasteiger partial charge in [-0.1, -0.05) is 55.5 Å². The molecule has 3 rings (SSSR count). The molecule has 0 aliphatic heterocycles. The van der Waals surface area contributed by atoms with Crippen molar-refractivity contribution in [2.45, 2.75) is 11.8 Å². The maximum atomic E-state index is 12.4. The fourth-order valence-electron chi connectivity index (χ4n) is 2.79. The van der Waals surface area contributed by atoms with Crippen LogP contribution in [0.5, 0.6) is 0 Å². The van der Waals surface area contributed by atoms with Crippen molar-refractivity contribution in [2.24, 2.45) is 0 Å². The minimum Gasteiger partial charge on any atom is -0.376 e. The molecule has 0 fully saturated rings. The van der Waals surface area contributed by atoms with Gasteiger partial charge >= 0.3 is 0 Å². The summed E-state index contributed by atoms with van der Waals surface area (Å²) < 4.78 is 23.7. The number of nitrogens with one attached hydrogen (secondary N) is 2. The molecule has 28 heavy (non-hydrogen) atoms. The van der Waals surface area contributed by atoms with Gasteiger partial charge in [0, 0.05) is 16.9 Å². The van der Waals surface area contributed by atoms with Crippen molar-refractivity contribution in [2.75, 3.05) is 22.9 Å². The molecule has 0 aromatic heterocycles. The van der Waals surface area contributed by atoms with Gasteiger partial charge in [-0.15, -0.1) is 0 Å². The Morgan fingerprint density at radius 1 is 0.857 bits per heavy atom. The third kappa shape index (κ3) is 4.78. The van der Waals surface area contributed by atoms with Crippen molar-refractivity contribution < 1.29 is 13.2 Å². The number of hydrogen-bond acceptors (Lipinski definition) is 4. The van der Waals surface area contributed by atoms with Gasteiger partial charge in [-0.25, -0.2) is 8.42 Å². The number of sulfone groups is 1. The van der Waals surface area contributed by atoms with Crippen LogP contribution < -0.4 is 10.6 Å². The van der Waals surface area contributed by atoms with E-state index in [1.165, 1.54) is 0 Å². The molecule has 0 unspecified atom stereocenters. The fraction of sp³-hybridized carbons (Fsp3) is 0.136. The summed E-state index contributed by atoms with van der Waals surface area (Å²) in [6.45, 7) is 1.68.